The number of nitrogens with zero attached hydrogens (tertiary/aromatic N) is 1. The Morgan fingerprint density at radius 3 is 2.63 bits per heavy atom. The molecule has 1 aromatic carbocycles. The highest BCUT2D eigenvalue weighted by Crippen LogP contribution is 2.33. The number of anilines is 2. The molecule has 106 valence electrons. The van der Waals surface area contributed by atoms with Gasteiger partial charge in [-0.1, -0.05) is 19.4 Å². The summed E-state index contributed by atoms with van der Waals surface area (Å²) in [7, 11) is 3.30. The molecule has 0 fully saturated rings. The molecule has 0 aliphatic rings. The molecule has 1 unspecified atom stereocenters. The van der Waals surface area contributed by atoms with Crippen molar-refractivity contribution in [2.45, 2.75) is 25.8 Å². The fourth-order valence-corrected chi connectivity index (χ4v) is 2.03. The van der Waals surface area contributed by atoms with Gasteiger partial charge < -0.3 is 15.4 Å². The van der Waals surface area contributed by atoms with Gasteiger partial charge in [-0.2, -0.15) is 0 Å². The summed E-state index contributed by atoms with van der Waals surface area (Å²) in [5, 5.41) is 17.2. The molecule has 1 aromatic rings. The monoisotopic (exact) mass is 267 g/mol. The average molecular weight is 267 g/mol. The summed E-state index contributed by atoms with van der Waals surface area (Å²) in [6.45, 7) is 2.59. The maximum atomic E-state index is 11.2. The highest BCUT2D eigenvalue weighted by molar-refractivity contribution is 5.76. The third-order valence-corrected chi connectivity index (χ3v) is 2.85. The number of nitro groups is 1. The molecule has 0 saturated heterocycles. The lowest BCUT2D eigenvalue weighted by Crippen LogP contribution is -2.25. The van der Waals surface area contributed by atoms with E-state index in [1.807, 2.05) is 0 Å². The molecule has 0 aliphatic heterocycles. The maximum absolute atomic E-state index is 11.2. The molecule has 19 heavy (non-hydrogen) atoms. The predicted molar refractivity (Wildman–Crippen MR) is 76.8 cm³/mol. The van der Waals surface area contributed by atoms with Crippen LogP contribution in [0.1, 0.15) is 19.8 Å². The number of hydrogen-bond acceptors (Lipinski definition) is 5. The first-order valence-corrected chi connectivity index (χ1v) is 6.34. The van der Waals surface area contributed by atoms with Crippen LogP contribution in [-0.2, 0) is 4.74 Å². The second-order valence-electron chi connectivity index (χ2n) is 4.29. The third kappa shape index (κ3) is 4.10. The Morgan fingerprint density at radius 1 is 1.42 bits per heavy atom. The zero-order valence-corrected chi connectivity index (χ0v) is 11.6. The van der Waals surface area contributed by atoms with Crippen LogP contribution >= 0.6 is 0 Å². The first kappa shape index (κ1) is 15.2. The molecular weight excluding hydrogens is 246 g/mol. The lowest BCUT2D eigenvalue weighted by molar-refractivity contribution is -0.383. The Kier molecular flexibility index (Phi) is 6.08. The number of benzene rings is 1. The molecule has 0 aliphatic carbocycles. The van der Waals surface area contributed by atoms with E-state index in [0.29, 0.717) is 18.0 Å². The van der Waals surface area contributed by atoms with Crippen molar-refractivity contribution in [3.63, 3.8) is 0 Å². The lowest BCUT2D eigenvalue weighted by Gasteiger charge is -2.19. The Bertz CT molecular complexity index is 418. The van der Waals surface area contributed by atoms with Gasteiger partial charge >= 0.3 is 5.69 Å². The number of ether oxygens (including phenoxy) is 1. The van der Waals surface area contributed by atoms with E-state index in [1.54, 1.807) is 32.4 Å². The zero-order valence-electron chi connectivity index (χ0n) is 11.6. The third-order valence-electron chi connectivity index (χ3n) is 2.85. The van der Waals surface area contributed by atoms with Crippen molar-refractivity contribution in [2.75, 3.05) is 31.4 Å². The van der Waals surface area contributed by atoms with E-state index in [9.17, 15) is 10.1 Å². The van der Waals surface area contributed by atoms with E-state index in [0.717, 1.165) is 12.8 Å². The molecule has 2 N–H and O–H groups in total. The minimum atomic E-state index is -0.371. The van der Waals surface area contributed by atoms with Crippen LogP contribution in [-0.4, -0.2) is 31.7 Å². The number of nitrogens with one attached hydrogen (secondary N) is 2. The molecular formula is C13H21N3O3. The summed E-state index contributed by atoms with van der Waals surface area (Å²) in [4.78, 5) is 10.8. The van der Waals surface area contributed by atoms with Crippen molar-refractivity contribution in [3.05, 3.63) is 28.3 Å². The average Bonchev–Trinajstić information content (AvgIpc) is 2.38. The second kappa shape index (κ2) is 7.58. The van der Waals surface area contributed by atoms with Crippen LogP contribution in [0.3, 0.4) is 0 Å². The van der Waals surface area contributed by atoms with Crippen LogP contribution < -0.4 is 10.6 Å². The molecule has 0 spiro atoms. The van der Waals surface area contributed by atoms with E-state index in [4.69, 9.17) is 4.74 Å². The van der Waals surface area contributed by atoms with E-state index in [2.05, 4.69) is 17.6 Å². The number of nitro benzene ring substituents is 1. The summed E-state index contributed by atoms with van der Waals surface area (Å²) in [5.74, 6) is 0. The van der Waals surface area contributed by atoms with Crippen LogP contribution in [0.5, 0.6) is 0 Å². The maximum Gasteiger partial charge on any atom is 0.315 e. The first-order valence-electron chi connectivity index (χ1n) is 6.34. The van der Waals surface area contributed by atoms with Crippen LogP contribution in [0.25, 0.3) is 0 Å². The number of methoxy groups -OCH3 is 1. The molecule has 1 atom stereocenters. The van der Waals surface area contributed by atoms with Crippen molar-refractivity contribution in [3.8, 4) is 0 Å². The van der Waals surface area contributed by atoms with Gasteiger partial charge in [0.2, 0.25) is 0 Å². The quantitative estimate of drug-likeness (QED) is 0.559. The van der Waals surface area contributed by atoms with Crippen LogP contribution in [0.4, 0.5) is 17.1 Å². The van der Waals surface area contributed by atoms with Gasteiger partial charge in [0.1, 0.15) is 11.4 Å². The normalized spacial score (nSPS) is 11.9. The smallest absolute Gasteiger partial charge is 0.315 e. The summed E-state index contributed by atoms with van der Waals surface area (Å²) in [5.41, 5.74) is 1.09. The Labute approximate surface area is 113 Å². The van der Waals surface area contributed by atoms with Gasteiger partial charge in [-0.05, 0) is 18.6 Å². The van der Waals surface area contributed by atoms with Gasteiger partial charge in [0.05, 0.1) is 11.5 Å². The van der Waals surface area contributed by atoms with Crippen LogP contribution in [0.15, 0.2) is 18.2 Å². The molecule has 1 rings (SSSR count). The van der Waals surface area contributed by atoms with Crippen molar-refractivity contribution in [1.82, 2.24) is 0 Å². The molecule has 0 aromatic heterocycles. The summed E-state index contributed by atoms with van der Waals surface area (Å²) < 4.78 is 5.14. The topological polar surface area (TPSA) is 76.4 Å². The number of rotatable bonds is 8. The van der Waals surface area contributed by atoms with Gasteiger partial charge in [0.25, 0.3) is 0 Å². The molecule has 0 saturated carbocycles. The first-order chi connectivity index (χ1) is 9.13. The standard InChI is InChI=1S/C13H21N3O3/c1-4-6-10(9-19-3)15-12-8-5-7-11(14-2)13(12)16(17)18/h5,7-8,10,14-15H,4,6,9H2,1-3H3. The van der Waals surface area contributed by atoms with Gasteiger partial charge in [0.15, 0.2) is 0 Å². The number of hydrogen-bond donors (Lipinski definition) is 2. The SMILES string of the molecule is CCCC(COC)Nc1cccc(NC)c1[N+](=O)[O-]. The Balaban J connectivity index is 3.01. The fraction of sp³-hybridized carbons (Fsp3) is 0.538. The molecule has 0 bridgehead atoms. The Hall–Kier alpha value is -1.82. The van der Waals surface area contributed by atoms with Crippen LogP contribution in [0.2, 0.25) is 0 Å². The van der Waals surface area contributed by atoms with Crippen molar-refractivity contribution >= 4 is 17.1 Å². The zero-order chi connectivity index (χ0) is 14.3. The van der Waals surface area contributed by atoms with E-state index >= 15 is 0 Å². The van der Waals surface area contributed by atoms with Gasteiger partial charge in [-0.15, -0.1) is 0 Å². The summed E-state index contributed by atoms with van der Waals surface area (Å²) >= 11 is 0. The van der Waals surface area contributed by atoms with Crippen molar-refractivity contribution in [2.24, 2.45) is 0 Å². The van der Waals surface area contributed by atoms with Gasteiger partial charge in [-0.3, -0.25) is 10.1 Å². The van der Waals surface area contributed by atoms with Gasteiger partial charge in [-0.25, -0.2) is 0 Å². The van der Waals surface area contributed by atoms with E-state index in [1.165, 1.54) is 0 Å². The van der Waals surface area contributed by atoms with Crippen LogP contribution in [0, 0.1) is 10.1 Å². The fourth-order valence-electron chi connectivity index (χ4n) is 2.03. The van der Waals surface area contributed by atoms with E-state index in [-0.39, 0.29) is 16.7 Å². The van der Waals surface area contributed by atoms with Crippen molar-refractivity contribution in [1.29, 1.82) is 0 Å². The lowest BCUT2D eigenvalue weighted by atomic mass is 10.1. The predicted octanol–water partition coefficient (Wildman–Crippen LogP) is 2.86. The molecule has 6 heteroatoms. The molecule has 0 heterocycles. The second-order valence-corrected chi connectivity index (χ2v) is 4.29. The summed E-state index contributed by atoms with van der Waals surface area (Å²) in [6, 6.07) is 5.27. The van der Waals surface area contributed by atoms with Gasteiger partial charge in [0, 0.05) is 20.2 Å². The molecule has 0 radical (unpaired) electrons. The largest absolute Gasteiger partial charge is 0.383 e. The molecule has 6 nitrogen and oxygen atoms in total. The summed E-state index contributed by atoms with van der Waals surface area (Å²) in [6.07, 6.45) is 1.88. The molecule has 0 amide bonds. The number of para-hydroxylation sites is 1. The van der Waals surface area contributed by atoms with Crippen molar-refractivity contribution < 1.29 is 9.66 Å². The minimum absolute atomic E-state index is 0.0702. The highest BCUT2D eigenvalue weighted by Gasteiger charge is 2.20. The minimum Gasteiger partial charge on any atom is -0.383 e. The Morgan fingerprint density at radius 2 is 2.11 bits per heavy atom. The van der Waals surface area contributed by atoms with E-state index < -0.39 is 0 Å². The highest BCUT2D eigenvalue weighted by atomic mass is 16.6.